The van der Waals surface area contributed by atoms with Gasteiger partial charge in [0.1, 0.15) is 0 Å². The second kappa shape index (κ2) is 8.38. The molecule has 1 aliphatic carbocycles. The quantitative estimate of drug-likeness (QED) is 0.443. The van der Waals surface area contributed by atoms with Gasteiger partial charge in [-0.15, -0.1) is 24.0 Å². The first kappa shape index (κ1) is 15.2. The Morgan fingerprint density at radius 3 is 2.53 bits per heavy atom. The fraction of sp³-hybridized carbons (Fsp3) is 0.700. The van der Waals surface area contributed by atoms with Crippen LogP contribution in [0.2, 0.25) is 0 Å². The van der Waals surface area contributed by atoms with Gasteiger partial charge in [0.15, 0.2) is 5.96 Å². The summed E-state index contributed by atoms with van der Waals surface area (Å²) in [5.74, 6) is 0.873. The van der Waals surface area contributed by atoms with Gasteiger partial charge in [-0.25, -0.2) is 0 Å². The van der Waals surface area contributed by atoms with Crippen molar-refractivity contribution in [3.05, 3.63) is 11.1 Å². The van der Waals surface area contributed by atoms with Gasteiger partial charge < -0.3 is 10.6 Å². The minimum absolute atomic E-state index is 0. The number of hydrogen-bond donors (Lipinski definition) is 2. The Labute approximate surface area is 117 Å². The van der Waals surface area contributed by atoms with Crippen molar-refractivity contribution in [2.75, 3.05) is 13.6 Å². The molecule has 1 aliphatic rings. The molecule has 0 radical (unpaired) electrons. The van der Waals surface area contributed by atoms with E-state index in [-0.39, 0.29) is 24.0 Å². The van der Waals surface area contributed by atoms with E-state index in [9.17, 15) is 0 Å². The van der Waals surface area contributed by atoms with Crippen molar-refractivity contribution in [1.82, 2.24) is 10.6 Å². The lowest BCUT2D eigenvalue weighted by Crippen LogP contribution is -2.42. The summed E-state index contributed by atoms with van der Waals surface area (Å²) < 4.78 is 0.937. The van der Waals surface area contributed by atoms with E-state index in [0.29, 0.717) is 12.6 Å². The molecule has 0 aromatic carbocycles. The number of nitrogens with one attached hydrogen (secondary N) is 2. The maximum atomic E-state index is 4.16. The van der Waals surface area contributed by atoms with Crippen LogP contribution >= 0.6 is 39.9 Å². The van der Waals surface area contributed by atoms with Crippen LogP contribution in [0.3, 0.4) is 0 Å². The highest BCUT2D eigenvalue weighted by atomic mass is 127. The average Bonchev–Trinajstić information content (AvgIpc) is 2.64. The zero-order chi connectivity index (χ0) is 10.4. The van der Waals surface area contributed by atoms with Crippen LogP contribution in [-0.4, -0.2) is 25.6 Å². The summed E-state index contributed by atoms with van der Waals surface area (Å²) in [5.41, 5.74) is 0. The van der Waals surface area contributed by atoms with Crippen LogP contribution < -0.4 is 10.6 Å². The average molecular weight is 388 g/mol. The minimum Gasteiger partial charge on any atom is -0.354 e. The predicted octanol–water partition coefficient (Wildman–Crippen LogP) is 2.62. The molecular weight excluding hydrogens is 369 g/mol. The fourth-order valence-electron chi connectivity index (χ4n) is 1.64. The smallest absolute Gasteiger partial charge is 0.191 e. The van der Waals surface area contributed by atoms with Crippen molar-refractivity contribution in [2.24, 2.45) is 4.99 Å². The van der Waals surface area contributed by atoms with Gasteiger partial charge >= 0.3 is 0 Å². The van der Waals surface area contributed by atoms with Gasteiger partial charge in [-0.05, 0) is 12.8 Å². The second-order valence-electron chi connectivity index (χ2n) is 3.57. The van der Waals surface area contributed by atoms with Crippen molar-refractivity contribution in [1.29, 1.82) is 0 Å². The van der Waals surface area contributed by atoms with E-state index in [4.69, 9.17) is 0 Å². The van der Waals surface area contributed by atoms with Crippen LogP contribution in [0.5, 0.6) is 0 Å². The Balaban J connectivity index is 0.00000196. The molecule has 1 saturated carbocycles. The van der Waals surface area contributed by atoms with Gasteiger partial charge in [-0.1, -0.05) is 35.4 Å². The summed E-state index contributed by atoms with van der Waals surface area (Å²) in [4.78, 5) is 4.16. The predicted molar refractivity (Wildman–Crippen MR) is 80.2 cm³/mol. The molecule has 1 fully saturated rings. The van der Waals surface area contributed by atoms with E-state index in [1.165, 1.54) is 25.7 Å². The molecule has 3 nitrogen and oxygen atoms in total. The molecule has 2 N–H and O–H groups in total. The van der Waals surface area contributed by atoms with Gasteiger partial charge in [-0.3, -0.25) is 4.99 Å². The summed E-state index contributed by atoms with van der Waals surface area (Å²) in [6.45, 7) is 4.48. The summed E-state index contributed by atoms with van der Waals surface area (Å²) in [6.07, 6.45) is 5.19. The van der Waals surface area contributed by atoms with Crippen LogP contribution in [0.25, 0.3) is 0 Å². The SMILES string of the molecule is C=C(Br)CNC(=NC)NC1CCCC1.I. The number of halogens is 2. The van der Waals surface area contributed by atoms with E-state index < -0.39 is 0 Å². The summed E-state index contributed by atoms with van der Waals surface area (Å²) in [7, 11) is 1.79. The van der Waals surface area contributed by atoms with E-state index in [2.05, 4.69) is 38.1 Å². The van der Waals surface area contributed by atoms with Crippen molar-refractivity contribution in [3.8, 4) is 0 Å². The number of rotatable bonds is 3. The number of aliphatic imine (C=N–C) groups is 1. The van der Waals surface area contributed by atoms with E-state index in [1.807, 2.05) is 0 Å². The van der Waals surface area contributed by atoms with Crippen molar-refractivity contribution in [3.63, 3.8) is 0 Å². The Morgan fingerprint density at radius 1 is 1.47 bits per heavy atom. The molecule has 0 spiro atoms. The standard InChI is InChI=1S/C10H18BrN3.HI/c1-8(11)7-13-10(12-2)14-9-5-3-4-6-9;/h9H,1,3-7H2,2H3,(H2,12,13,14);1H. The topological polar surface area (TPSA) is 36.4 Å². The first-order valence-electron chi connectivity index (χ1n) is 5.03. The second-order valence-corrected chi connectivity index (χ2v) is 4.69. The molecule has 15 heavy (non-hydrogen) atoms. The summed E-state index contributed by atoms with van der Waals surface area (Å²) in [6, 6.07) is 0.602. The molecule has 0 amide bonds. The molecule has 5 heteroatoms. The van der Waals surface area contributed by atoms with Gasteiger partial charge in [-0.2, -0.15) is 0 Å². The van der Waals surface area contributed by atoms with E-state index in [0.717, 1.165) is 10.4 Å². The van der Waals surface area contributed by atoms with Crippen LogP contribution in [0.1, 0.15) is 25.7 Å². The lowest BCUT2D eigenvalue weighted by atomic mass is 10.2. The Kier molecular flexibility index (Phi) is 8.50. The molecule has 88 valence electrons. The van der Waals surface area contributed by atoms with Crippen LogP contribution in [0.15, 0.2) is 16.1 Å². The van der Waals surface area contributed by atoms with Crippen LogP contribution in [0, 0.1) is 0 Å². The first-order chi connectivity index (χ1) is 6.72. The lowest BCUT2D eigenvalue weighted by Gasteiger charge is -2.16. The fourth-order valence-corrected chi connectivity index (χ4v) is 1.78. The summed E-state index contributed by atoms with van der Waals surface area (Å²) >= 11 is 3.31. The molecule has 0 aromatic heterocycles. The zero-order valence-electron chi connectivity index (χ0n) is 9.05. The highest BCUT2D eigenvalue weighted by Crippen LogP contribution is 2.17. The molecular formula is C10H19BrIN3. The van der Waals surface area contributed by atoms with E-state index in [1.54, 1.807) is 7.05 Å². The summed E-state index contributed by atoms with van der Waals surface area (Å²) in [5, 5.41) is 6.59. The van der Waals surface area contributed by atoms with Crippen molar-refractivity contribution < 1.29 is 0 Å². The molecule has 0 saturated heterocycles. The Hall–Kier alpha value is 0.220. The van der Waals surface area contributed by atoms with Crippen molar-refractivity contribution in [2.45, 2.75) is 31.7 Å². The maximum Gasteiger partial charge on any atom is 0.191 e. The molecule has 1 rings (SSSR count). The highest BCUT2D eigenvalue weighted by molar-refractivity contribution is 14.0. The number of guanidine groups is 1. The third kappa shape index (κ3) is 6.40. The molecule has 0 aromatic rings. The lowest BCUT2D eigenvalue weighted by molar-refractivity contribution is 0.617. The molecule has 0 unspecified atom stereocenters. The largest absolute Gasteiger partial charge is 0.354 e. The third-order valence-electron chi connectivity index (χ3n) is 2.37. The third-order valence-corrected chi connectivity index (χ3v) is 2.65. The number of nitrogens with zero attached hydrogens (tertiary/aromatic N) is 1. The molecule has 0 atom stereocenters. The van der Waals surface area contributed by atoms with Gasteiger partial charge in [0.25, 0.3) is 0 Å². The molecule has 0 bridgehead atoms. The highest BCUT2D eigenvalue weighted by Gasteiger charge is 2.15. The van der Waals surface area contributed by atoms with Gasteiger partial charge in [0.05, 0.1) is 0 Å². The first-order valence-corrected chi connectivity index (χ1v) is 5.82. The number of hydrogen-bond acceptors (Lipinski definition) is 1. The molecule has 0 aliphatic heterocycles. The van der Waals surface area contributed by atoms with Gasteiger partial charge in [0.2, 0.25) is 0 Å². The normalized spacial score (nSPS) is 17.1. The van der Waals surface area contributed by atoms with Crippen LogP contribution in [-0.2, 0) is 0 Å². The Bertz CT molecular complexity index is 225. The minimum atomic E-state index is 0. The van der Waals surface area contributed by atoms with Gasteiger partial charge in [0, 0.05) is 24.1 Å². The maximum absolute atomic E-state index is 4.16. The van der Waals surface area contributed by atoms with E-state index >= 15 is 0 Å². The van der Waals surface area contributed by atoms with Crippen LogP contribution in [0.4, 0.5) is 0 Å². The zero-order valence-corrected chi connectivity index (χ0v) is 13.0. The van der Waals surface area contributed by atoms with Crippen molar-refractivity contribution >= 4 is 45.9 Å². The Morgan fingerprint density at radius 2 is 2.07 bits per heavy atom. The monoisotopic (exact) mass is 387 g/mol. The molecule has 0 heterocycles.